The number of nitrogens with one attached hydrogen (secondary N) is 1. The molecule has 0 radical (unpaired) electrons. The number of rotatable bonds is 3. The zero-order valence-electron chi connectivity index (χ0n) is 12.7. The Labute approximate surface area is 137 Å². The molecule has 4 heteroatoms. The van der Waals surface area contributed by atoms with Gasteiger partial charge in [0.05, 0.1) is 11.6 Å². The van der Waals surface area contributed by atoms with E-state index in [1.807, 2.05) is 6.07 Å². The molecule has 0 spiro atoms. The van der Waals surface area contributed by atoms with E-state index >= 15 is 0 Å². The maximum absolute atomic E-state index is 6.27. The highest BCUT2D eigenvalue weighted by Crippen LogP contribution is 2.42. The highest BCUT2D eigenvalue weighted by molar-refractivity contribution is 6.35. The lowest BCUT2D eigenvalue weighted by Gasteiger charge is -2.32. The Morgan fingerprint density at radius 1 is 1.24 bits per heavy atom. The van der Waals surface area contributed by atoms with Crippen LogP contribution < -0.4 is 10.1 Å². The van der Waals surface area contributed by atoms with Crippen molar-refractivity contribution in [2.24, 2.45) is 11.8 Å². The lowest BCUT2D eigenvalue weighted by molar-refractivity contribution is 0.231. The van der Waals surface area contributed by atoms with Crippen LogP contribution in [-0.4, -0.2) is 12.6 Å². The summed E-state index contributed by atoms with van der Waals surface area (Å²) in [7, 11) is 0. The van der Waals surface area contributed by atoms with Gasteiger partial charge < -0.3 is 10.1 Å². The number of hydrogen-bond donors (Lipinski definition) is 1. The standard InChI is InChI=1S/C17H23Cl2NO/c1-3-11-4-5-15(10(11)2)20-16-6-7-21-17-13(16)8-12(18)9-14(17)19/h8-11,15-16,20H,3-7H2,1-2H3. The van der Waals surface area contributed by atoms with Gasteiger partial charge in [-0.2, -0.15) is 0 Å². The lowest BCUT2D eigenvalue weighted by atomic mass is 9.92. The number of fused-ring (bicyclic) bond motifs is 1. The third-order valence-electron chi connectivity index (χ3n) is 5.23. The average Bonchev–Trinajstić information content (AvgIpc) is 2.80. The fourth-order valence-corrected chi connectivity index (χ4v) is 4.48. The molecule has 1 aromatic carbocycles. The summed E-state index contributed by atoms with van der Waals surface area (Å²) in [5.41, 5.74) is 1.12. The normalized spacial score (nSPS) is 31.8. The summed E-state index contributed by atoms with van der Waals surface area (Å²) in [6.07, 6.45) is 4.85. The van der Waals surface area contributed by atoms with Gasteiger partial charge in [0, 0.05) is 29.1 Å². The number of benzene rings is 1. The van der Waals surface area contributed by atoms with Gasteiger partial charge >= 0.3 is 0 Å². The smallest absolute Gasteiger partial charge is 0.142 e. The molecule has 21 heavy (non-hydrogen) atoms. The molecular formula is C17H23Cl2NO. The molecule has 1 saturated carbocycles. The van der Waals surface area contributed by atoms with Crippen LogP contribution in [0, 0.1) is 11.8 Å². The Balaban J connectivity index is 1.80. The van der Waals surface area contributed by atoms with Crippen molar-refractivity contribution in [3.05, 3.63) is 27.7 Å². The van der Waals surface area contributed by atoms with E-state index < -0.39 is 0 Å². The monoisotopic (exact) mass is 327 g/mol. The van der Waals surface area contributed by atoms with Crippen molar-refractivity contribution in [1.82, 2.24) is 5.32 Å². The molecular weight excluding hydrogens is 305 g/mol. The summed E-state index contributed by atoms with van der Waals surface area (Å²) in [5, 5.41) is 5.15. The topological polar surface area (TPSA) is 21.3 Å². The molecule has 1 aliphatic carbocycles. The molecule has 3 rings (SSSR count). The zero-order valence-corrected chi connectivity index (χ0v) is 14.2. The fraction of sp³-hybridized carbons (Fsp3) is 0.647. The first kappa shape index (κ1) is 15.5. The molecule has 1 fully saturated rings. The number of ether oxygens (including phenoxy) is 1. The summed E-state index contributed by atoms with van der Waals surface area (Å²) in [6.45, 7) is 5.39. The van der Waals surface area contributed by atoms with Gasteiger partial charge in [-0.25, -0.2) is 0 Å². The number of hydrogen-bond acceptors (Lipinski definition) is 2. The second-order valence-electron chi connectivity index (χ2n) is 6.37. The highest BCUT2D eigenvalue weighted by atomic mass is 35.5. The van der Waals surface area contributed by atoms with E-state index in [1.165, 1.54) is 19.3 Å². The second kappa shape index (κ2) is 6.36. The molecule has 1 heterocycles. The van der Waals surface area contributed by atoms with E-state index in [2.05, 4.69) is 19.2 Å². The minimum absolute atomic E-state index is 0.299. The van der Waals surface area contributed by atoms with Gasteiger partial charge in [-0.1, -0.05) is 43.5 Å². The molecule has 2 nitrogen and oxygen atoms in total. The van der Waals surface area contributed by atoms with Crippen molar-refractivity contribution < 1.29 is 4.74 Å². The van der Waals surface area contributed by atoms with Crippen LogP contribution in [-0.2, 0) is 0 Å². The largest absolute Gasteiger partial charge is 0.492 e. The van der Waals surface area contributed by atoms with Gasteiger partial charge in [0.2, 0.25) is 0 Å². The minimum atomic E-state index is 0.299. The van der Waals surface area contributed by atoms with Crippen LogP contribution in [0.4, 0.5) is 0 Å². The van der Waals surface area contributed by atoms with E-state index in [9.17, 15) is 0 Å². The lowest BCUT2D eigenvalue weighted by Crippen LogP contribution is -2.38. The van der Waals surface area contributed by atoms with Gasteiger partial charge in [-0.3, -0.25) is 0 Å². The van der Waals surface area contributed by atoms with Crippen LogP contribution in [0.2, 0.25) is 10.0 Å². The highest BCUT2D eigenvalue weighted by Gasteiger charge is 2.34. The van der Waals surface area contributed by atoms with E-state index in [1.54, 1.807) is 6.07 Å². The van der Waals surface area contributed by atoms with Crippen LogP contribution >= 0.6 is 23.2 Å². The van der Waals surface area contributed by atoms with E-state index in [-0.39, 0.29) is 0 Å². The fourth-order valence-electron chi connectivity index (χ4n) is 3.92. The molecule has 4 atom stereocenters. The molecule has 0 aromatic heterocycles. The average molecular weight is 328 g/mol. The van der Waals surface area contributed by atoms with E-state index in [4.69, 9.17) is 27.9 Å². The molecule has 0 amide bonds. The molecule has 1 N–H and O–H groups in total. The maximum Gasteiger partial charge on any atom is 0.142 e. The second-order valence-corrected chi connectivity index (χ2v) is 7.22. The van der Waals surface area contributed by atoms with Gasteiger partial charge in [0.1, 0.15) is 5.75 Å². The van der Waals surface area contributed by atoms with Gasteiger partial charge in [0.25, 0.3) is 0 Å². The van der Waals surface area contributed by atoms with Crippen molar-refractivity contribution in [2.45, 2.75) is 51.6 Å². The predicted octanol–water partition coefficient (Wildman–Crippen LogP) is 5.23. The molecule has 2 aliphatic rings. The van der Waals surface area contributed by atoms with Gasteiger partial charge in [-0.15, -0.1) is 0 Å². The third-order valence-corrected chi connectivity index (χ3v) is 5.73. The summed E-state index contributed by atoms with van der Waals surface area (Å²) in [6, 6.07) is 4.64. The first-order chi connectivity index (χ1) is 10.1. The van der Waals surface area contributed by atoms with Crippen LogP contribution in [0.25, 0.3) is 0 Å². The molecule has 0 saturated heterocycles. The molecule has 116 valence electrons. The summed E-state index contributed by atoms with van der Waals surface area (Å²) >= 11 is 12.4. The van der Waals surface area contributed by atoms with Crippen molar-refractivity contribution >= 4 is 23.2 Å². The molecule has 1 aromatic rings. The first-order valence-electron chi connectivity index (χ1n) is 7.98. The number of halogens is 2. The Kier molecular flexibility index (Phi) is 4.68. The summed E-state index contributed by atoms with van der Waals surface area (Å²) in [5.74, 6) is 2.39. The first-order valence-corrected chi connectivity index (χ1v) is 8.73. The molecule has 1 aliphatic heterocycles. The summed E-state index contributed by atoms with van der Waals surface area (Å²) in [4.78, 5) is 0. The Morgan fingerprint density at radius 3 is 2.76 bits per heavy atom. The van der Waals surface area contributed by atoms with Gasteiger partial charge in [-0.05, 0) is 36.8 Å². The SMILES string of the molecule is CCC1CCC(NC2CCOc3c(Cl)cc(Cl)cc32)C1C. The van der Waals surface area contributed by atoms with Crippen LogP contribution in [0.1, 0.15) is 51.1 Å². The van der Waals surface area contributed by atoms with Crippen molar-refractivity contribution in [3.8, 4) is 5.75 Å². The summed E-state index contributed by atoms with van der Waals surface area (Å²) < 4.78 is 5.74. The van der Waals surface area contributed by atoms with Crippen molar-refractivity contribution in [1.29, 1.82) is 0 Å². The van der Waals surface area contributed by atoms with E-state index in [0.717, 1.165) is 29.6 Å². The maximum atomic E-state index is 6.27. The Bertz CT molecular complexity index is 520. The quantitative estimate of drug-likeness (QED) is 0.820. The Hall–Kier alpha value is -0.440. The zero-order chi connectivity index (χ0) is 15.0. The van der Waals surface area contributed by atoms with E-state index in [0.29, 0.717) is 28.7 Å². The molecule has 4 unspecified atom stereocenters. The van der Waals surface area contributed by atoms with Crippen molar-refractivity contribution in [2.75, 3.05) is 6.61 Å². The predicted molar refractivity (Wildman–Crippen MR) is 88.4 cm³/mol. The van der Waals surface area contributed by atoms with Crippen LogP contribution in [0.15, 0.2) is 12.1 Å². The van der Waals surface area contributed by atoms with Gasteiger partial charge in [0.15, 0.2) is 0 Å². The van der Waals surface area contributed by atoms with Crippen molar-refractivity contribution in [3.63, 3.8) is 0 Å². The van der Waals surface area contributed by atoms with Crippen LogP contribution in [0.5, 0.6) is 5.75 Å². The molecule has 0 bridgehead atoms. The Morgan fingerprint density at radius 2 is 2.05 bits per heavy atom. The van der Waals surface area contributed by atoms with Crippen LogP contribution in [0.3, 0.4) is 0 Å². The third kappa shape index (κ3) is 3.04. The minimum Gasteiger partial charge on any atom is -0.492 e.